The number of nitrogens with zero attached hydrogens (tertiary/aromatic N) is 1. The molecule has 0 saturated carbocycles. The van der Waals surface area contributed by atoms with Gasteiger partial charge in [-0.3, -0.25) is 4.98 Å². The Morgan fingerprint density at radius 2 is 2.12 bits per heavy atom. The first-order chi connectivity index (χ1) is 7.81. The zero-order chi connectivity index (χ0) is 13.1. The van der Waals surface area contributed by atoms with Gasteiger partial charge in [-0.05, 0) is 32.9 Å². The van der Waals surface area contributed by atoms with Crippen molar-refractivity contribution in [3.8, 4) is 0 Å². The van der Waals surface area contributed by atoms with E-state index in [4.69, 9.17) is 28.6 Å². The Balaban J connectivity index is 2.74. The number of thiocarbonyl (C=S) groups is 1. The number of halogens is 1. The highest BCUT2D eigenvalue weighted by atomic mass is 35.5. The number of rotatable bonds is 3. The number of aromatic nitrogens is 1. The van der Waals surface area contributed by atoms with Gasteiger partial charge < -0.3 is 4.74 Å². The molecule has 3 nitrogen and oxygen atoms in total. The molecule has 0 saturated heterocycles. The molecule has 1 unspecified atom stereocenters. The van der Waals surface area contributed by atoms with Crippen molar-refractivity contribution in [2.75, 3.05) is 0 Å². The smallest absolute Gasteiger partial charge is 0.347 e. The molecule has 0 aliphatic rings. The van der Waals surface area contributed by atoms with Crippen molar-refractivity contribution >= 4 is 34.7 Å². The molecule has 1 heterocycles. The van der Waals surface area contributed by atoms with Crippen LogP contribution in [0.4, 0.5) is 0 Å². The molecule has 92 valence electrons. The van der Waals surface area contributed by atoms with E-state index in [0.29, 0.717) is 5.69 Å². The summed E-state index contributed by atoms with van der Waals surface area (Å²) in [6, 6.07) is 5.27. The number of carbonyl (C=O) groups excluding carboxylic acids is 1. The molecule has 0 fully saturated rings. The van der Waals surface area contributed by atoms with Crippen LogP contribution in [0.5, 0.6) is 0 Å². The predicted octanol–water partition coefficient (Wildman–Crippen LogP) is 3.07. The van der Waals surface area contributed by atoms with Gasteiger partial charge in [0.1, 0.15) is 15.8 Å². The molecule has 1 aromatic heterocycles. The molecule has 17 heavy (non-hydrogen) atoms. The van der Waals surface area contributed by atoms with Crippen LogP contribution >= 0.6 is 23.8 Å². The number of alkyl halides is 1. The number of pyridine rings is 1. The minimum atomic E-state index is -0.735. The predicted molar refractivity (Wildman–Crippen MR) is 71.3 cm³/mol. The van der Waals surface area contributed by atoms with Gasteiger partial charge in [-0.25, -0.2) is 4.79 Å². The summed E-state index contributed by atoms with van der Waals surface area (Å²) in [6.45, 7) is 5.33. The Hall–Kier alpha value is -1.00. The number of hydrogen-bond acceptors (Lipinski definition) is 4. The molecular formula is C12H14ClNO2S. The minimum Gasteiger partial charge on any atom is -0.456 e. The summed E-state index contributed by atoms with van der Waals surface area (Å²) in [6.07, 6.45) is 1.60. The van der Waals surface area contributed by atoms with Gasteiger partial charge in [0.25, 0.3) is 0 Å². The van der Waals surface area contributed by atoms with E-state index in [-0.39, 0.29) is 4.86 Å². The van der Waals surface area contributed by atoms with Crippen molar-refractivity contribution in [1.82, 2.24) is 4.98 Å². The Kier molecular flexibility index (Phi) is 4.60. The summed E-state index contributed by atoms with van der Waals surface area (Å²) >= 11 is 11.1. The Bertz CT molecular complexity index is 414. The summed E-state index contributed by atoms with van der Waals surface area (Å²) in [5.41, 5.74) is -0.0352. The first-order valence-electron chi connectivity index (χ1n) is 5.13. The maximum absolute atomic E-state index is 11.7. The molecule has 1 rings (SSSR count). The highest BCUT2D eigenvalue weighted by Crippen LogP contribution is 2.22. The highest BCUT2D eigenvalue weighted by molar-refractivity contribution is 7.82. The first-order valence-corrected chi connectivity index (χ1v) is 5.98. The largest absolute Gasteiger partial charge is 0.456 e. The Labute approximate surface area is 111 Å². The number of carbonyl (C=O) groups is 1. The van der Waals surface area contributed by atoms with E-state index in [1.165, 1.54) is 0 Å². The minimum absolute atomic E-state index is 0.0280. The summed E-state index contributed by atoms with van der Waals surface area (Å²) in [5, 5.41) is -0.735. The first kappa shape index (κ1) is 14.1. The van der Waals surface area contributed by atoms with Crippen molar-refractivity contribution in [3.05, 3.63) is 30.1 Å². The lowest BCUT2D eigenvalue weighted by molar-refractivity contribution is -0.146. The van der Waals surface area contributed by atoms with E-state index in [1.807, 2.05) is 0 Å². The average Bonchev–Trinajstić information content (AvgIpc) is 2.26. The van der Waals surface area contributed by atoms with Crippen LogP contribution in [0.25, 0.3) is 0 Å². The van der Waals surface area contributed by atoms with E-state index in [0.717, 1.165) is 0 Å². The van der Waals surface area contributed by atoms with Crippen molar-refractivity contribution < 1.29 is 9.53 Å². The van der Waals surface area contributed by atoms with Crippen LogP contribution in [-0.4, -0.2) is 21.4 Å². The molecule has 0 N–H and O–H groups in total. The van der Waals surface area contributed by atoms with Gasteiger partial charge in [0.15, 0.2) is 0 Å². The second kappa shape index (κ2) is 5.56. The number of esters is 1. The fraction of sp³-hybridized carbons (Fsp3) is 0.417. The lowest BCUT2D eigenvalue weighted by Gasteiger charge is -2.20. The summed E-state index contributed by atoms with van der Waals surface area (Å²) in [5.74, 6) is -0.571. The zero-order valence-electron chi connectivity index (χ0n) is 9.94. The van der Waals surface area contributed by atoms with Crippen LogP contribution in [0.1, 0.15) is 31.8 Å². The SMILES string of the molecule is CC(C)(C)OC(=O)C(=S)C(Cl)c1ccccn1. The van der Waals surface area contributed by atoms with Crippen LogP contribution in [0.3, 0.4) is 0 Å². The average molecular weight is 272 g/mol. The van der Waals surface area contributed by atoms with Gasteiger partial charge in [-0.15, -0.1) is 11.6 Å². The number of ether oxygens (including phenoxy) is 1. The lowest BCUT2D eigenvalue weighted by Crippen LogP contribution is -2.29. The molecule has 0 aliphatic heterocycles. The lowest BCUT2D eigenvalue weighted by atomic mass is 10.1. The van der Waals surface area contributed by atoms with E-state index in [1.54, 1.807) is 45.2 Å². The third kappa shape index (κ3) is 4.40. The highest BCUT2D eigenvalue weighted by Gasteiger charge is 2.26. The monoisotopic (exact) mass is 271 g/mol. The topological polar surface area (TPSA) is 39.2 Å². The van der Waals surface area contributed by atoms with Crippen molar-refractivity contribution in [2.24, 2.45) is 0 Å². The molecule has 0 aliphatic carbocycles. The van der Waals surface area contributed by atoms with Crippen LogP contribution in [0.15, 0.2) is 24.4 Å². The Morgan fingerprint density at radius 1 is 1.47 bits per heavy atom. The zero-order valence-corrected chi connectivity index (χ0v) is 11.5. The summed E-state index contributed by atoms with van der Waals surface area (Å²) in [7, 11) is 0. The van der Waals surface area contributed by atoms with Crippen molar-refractivity contribution in [2.45, 2.75) is 31.7 Å². The van der Waals surface area contributed by atoms with Gasteiger partial charge >= 0.3 is 5.97 Å². The van der Waals surface area contributed by atoms with E-state index in [9.17, 15) is 4.79 Å². The van der Waals surface area contributed by atoms with Crippen molar-refractivity contribution in [1.29, 1.82) is 0 Å². The molecule has 1 aromatic rings. The molecular weight excluding hydrogens is 258 g/mol. The number of hydrogen-bond donors (Lipinski definition) is 0. The van der Waals surface area contributed by atoms with Crippen LogP contribution < -0.4 is 0 Å². The molecule has 0 aromatic carbocycles. The van der Waals surface area contributed by atoms with E-state index in [2.05, 4.69) is 4.98 Å². The normalized spacial score (nSPS) is 12.9. The quantitative estimate of drug-likeness (QED) is 0.481. The third-order valence-electron chi connectivity index (χ3n) is 1.78. The molecule has 0 amide bonds. The fourth-order valence-electron chi connectivity index (χ4n) is 1.09. The molecule has 0 radical (unpaired) electrons. The maximum atomic E-state index is 11.7. The van der Waals surface area contributed by atoms with Gasteiger partial charge in [0.2, 0.25) is 0 Å². The van der Waals surface area contributed by atoms with Gasteiger partial charge in [0.05, 0.1) is 5.69 Å². The van der Waals surface area contributed by atoms with Gasteiger partial charge in [-0.1, -0.05) is 18.3 Å². The second-order valence-corrected chi connectivity index (χ2v) is 5.36. The standard InChI is InChI=1S/C12H14ClNO2S/c1-12(2,3)16-11(15)10(17)9(13)8-6-4-5-7-14-8/h4-7,9H,1-3H3. The fourth-order valence-corrected chi connectivity index (χ4v) is 1.47. The second-order valence-electron chi connectivity index (χ2n) is 4.48. The summed E-state index contributed by atoms with van der Waals surface area (Å²) in [4.78, 5) is 15.8. The third-order valence-corrected chi connectivity index (χ3v) is 2.75. The van der Waals surface area contributed by atoms with Crippen LogP contribution in [0.2, 0.25) is 0 Å². The molecule has 1 atom stereocenters. The molecule has 0 bridgehead atoms. The van der Waals surface area contributed by atoms with E-state index < -0.39 is 16.9 Å². The summed E-state index contributed by atoms with van der Waals surface area (Å²) < 4.78 is 5.15. The molecule has 0 spiro atoms. The van der Waals surface area contributed by atoms with Crippen molar-refractivity contribution in [3.63, 3.8) is 0 Å². The van der Waals surface area contributed by atoms with Crippen LogP contribution in [0, 0.1) is 0 Å². The molecule has 5 heteroatoms. The maximum Gasteiger partial charge on any atom is 0.347 e. The Morgan fingerprint density at radius 3 is 2.59 bits per heavy atom. The van der Waals surface area contributed by atoms with E-state index >= 15 is 0 Å². The van der Waals surface area contributed by atoms with Crippen LogP contribution in [-0.2, 0) is 9.53 Å². The van der Waals surface area contributed by atoms with Gasteiger partial charge in [0, 0.05) is 6.20 Å². The van der Waals surface area contributed by atoms with Gasteiger partial charge in [-0.2, -0.15) is 0 Å².